The molecule has 1 aliphatic rings. The SMILES string of the molecule is CCN(CCCCCC(=O)O)C1CCCC1. The van der Waals surface area contributed by atoms with E-state index in [0.717, 1.165) is 38.4 Å². The van der Waals surface area contributed by atoms with Gasteiger partial charge in [0.15, 0.2) is 0 Å². The topological polar surface area (TPSA) is 40.5 Å². The maximum absolute atomic E-state index is 10.4. The second-order valence-corrected chi connectivity index (χ2v) is 4.77. The van der Waals surface area contributed by atoms with Gasteiger partial charge in [-0.15, -0.1) is 0 Å². The summed E-state index contributed by atoms with van der Waals surface area (Å²) in [5.41, 5.74) is 0. The molecule has 1 rings (SSSR count). The first-order valence-corrected chi connectivity index (χ1v) is 6.70. The Morgan fingerprint density at radius 3 is 2.50 bits per heavy atom. The number of carboxylic acid groups (broad SMARTS) is 1. The molecule has 0 amide bonds. The van der Waals surface area contributed by atoms with E-state index in [1.807, 2.05) is 0 Å². The quantitative estimate of drug-likeness (QED) is 0.648. The number of nitrogens with zero attached hydrogens (tertiary/aromatic N) is 1. The Morgan fingerprint density at radius 1 is 1.25 bits per heavy atom. The second-order valence-electron chi connectivity index (χ2n) is 4.77. The van der Waals surface area contributed by atoms with E-state index in [4.69, 9.17) is 5.11 Å². The van der Waals surface area contributed by atoms with Crippen molar-refractivity contribution in [3.63, 3.8) is 0 Å². The lowest BCUT2D eigenvalue weighted by atomic mass is 10.1. The van der Waals surface area contributed by atoms with Crippen molar-refractivity contribution in [2.24, 2.45) is 0 Å². The highest BCUT2D eigenvalue weighted by atomic mass is 16.4. The van der Waals surface area contributed by atoms with Gasteiger partial charge in [0, 0.05) is 12.5 Å². The number of carboxylic acids is 1. The maximum atomic E-state index is 10.4. The van der Waals surface area contributed by atoms with Crippen molar-refractivity contribution < 1.29 is 9.90 Å². The summed E-state index contributed by atoms with van der Waals surface area (Å²) in [4.78, 5) is 12.9. The van der Waals surface area contributed by atoms with Gasteiger partial charge in [-0.2, -0.15) is 0 Å². The lowest BCUT2D eigenvalue weighted by Gasteiger charge is -2.27. The van der Waals surface area contributed by atoms with E-state index >= 15 is 0 Å². The standard InChI is InChI=1S/C13H25NO2/c1-2-14(12-8-5-6-9-12)11-7-3-4-10-13(15)16/h12H,2-11H2,1H3,(H,15,16). The van der Waals surface area contributed by atoms with Crippen molar-refractivity contribution in [2.75, 3.05) is 13.1 Å². The summed E-state index contributed by atoms with van der Waals surface area (Å²) in [7, 11) is 0. The zero-order chi connectivity index (χ0) is 11.8. The van der Waals surface area contributed by atoms with Gasteiger partial charge in [0.25, 0.3) is 0 Å². The van der Waals surface area contributed by atoms with Crippen molar-refractivity contribution in [3.8, 4) is 0 Å². The van der Waals surface area contributed by atoms with Crippen LogP contribution < -0.4 is 0 Å². The van der Waals surface area contributed by atoms with E-state index in [0.29, 0.717) is 6.42 Å². The van der Waals surface area contributed by atoms with Crippen LogP contribution in [0.25, 0.3) is 0 Å². The molecule has 1 aliphatic carbocycles. The molecule has 0 aliphatic heterocycles. The summed E-state index contributed by atoms with van der Waals surface area (Å²) in [6.45, 7) is 4.53. The third-order valence-corrected chi connectivity index (χ3v) is 3.58. The molecule has 16 heavy (non-hydrogen) atoms. The van der Waals surface area contributed by atoms with Gasteiger partial charge >= 0.3 is 5.97 Å². The highest BCUT2D eigenvalue weighted by molar-refractivity contribution is 5.66. The minimum absolute atomic E-state index is 0.329. The molecule has 0 aromatic carbocycles. The molecule has 3 heteroatoms. The third-order valence-electron chi connectivity index (χ3n) is 3.58. The summed E-state index contributed by atoms with van der Waals surface area (Å²) in [6.07, 6.45) is 8.87. The molecule has 0 atom stereocenters. The molecule has 1 fully saturated rings. The van der Waals surface area contributed by atoms with Crippen LogP contribution in [0.15, 0.2) is 0 Å². The highest BCUT2D eigenvalue weighted by Gasteiger charge is 2.20. The van der Waals surface area contributed by atoms with E-state index in [9.17, 15) is 4.79 Å². The van der Waals surface area contributed by atoms with Gasteiger partial charge in [-0.3, -0.25) is 4.79 Å². The van der Waals surface area contributed by atoms with Crippen LogP contribution in [0, 0.1) is 0 Å². The zero-order valence-electron chi connectivity index (χ0n) is 10.5. The van der Waals surface area contributed by atoms with Gasteiger partial charge in [-0.25, -0.2) is 0 Å². The lowest BCUT2D eigenvalue weighted by Crippen LogP contribution is -2.33. The zero-order valence-corrected chi connectivity index (χ0v) is 10.5. The molecule has 0 aromatic rings. The highest BCUT2D eigenvalue weighted by Crippen LogP contribution is 2.23. The number of unbranched alkanes of at least 4 members (excludes halogenated alkanes) is 2. The van der Waals surface area contributed by atoms with Crippen LogP contribution in [0.2, 0.25) is 0 Å². The van der Waals surface area contributed by atoms with Gasteiger partial charge in [-0.05, 0) is 38.8 Å². The van der Waals surface area contributed by atoms with Gasteiger partial charge < -0.3 is 10.0 Å². The molecule has 0 spiro atoms. The fourth-order valence-corrected chi connectivity index (χ4v) is 2.64. The molecule has 94 valence electrons. The molecule has 0 aromatic heterocycles. The first-order chi connectivity index (χ1) is 7.74. The molecule has 3 nitrogen and oxygen atoms in total. The predicted molar refractivity (Wildman–Crippen MR) is 65.6 cm³/mol. The van der Waals surface area contributed by atoms with E-state index in [1.54, 1.807) is 0 Å². The van der Waals surface area contributed by atoms with Crippen LogP contribution in [-0.2, 0) is 4.79 Å². The van der Waals surface area contributed by atoms with Gasteiger partial charge in [0.05, 0.1) is 0 Å². The molecule has 0 bridgehead atoms. The van der Waals surface area contributed by atoms with Crippen molar-refractivity contribution in [2.45, 2.75) is 64.3 Å². The first-order valence-electron chi connectivity index (χ1n) is 6.70. The smallest absolute Gasteiger partial charge is 0.303 e. The number of aliphatic carboxylic acids is 1. The Morgan fingerprint density at radius 2 is 1.94 bits per heavy atom. The van der Waals surface area contributed by atoms with Gasteiger partial charge in [0.1, 0.15) is 0 Å². The van der Waals surface area contributed by atoms with E-state index < -0.39 is 5.97 Å². The van der Waals surface area contributed by atoms with Crippen LogP contribution in [-0.4, -0.2) is 35.1 Å². The monoisotopic (exact) mass is 227 g/mol. The van der Waals surface area contributed by atoms with E-state index in [2.05, 4.69) is 11.8 Å². The average molecular weight is 227 g/mol. The molecule has 1 saturated carbocycles. The van der Waals surface area contributed by atoms with E-state index in [-0.39, 0.29) is 0 Å². The summed E-state index contributed by atoms with van der Waals surface area (Å²) < 4.78 is 0. The number of rotatable bonds is 8. The number of hydrogen-bond acceptors (Lipinski definition) is 2. The molecule has 1 N–H and O–H groups in total. The van der Waals surface area contributed by atoms with Gasteiger partial charge in [0.2, 0.25) is 0 Å². The third kappa shape index (κ3) is 4.97. The Balaban J connectivity index is 2.06. The summed E-state index contributed by atoms with van der Waals surface area (Å²) in [5.74, 6) is -0.664. The Bertz CT molecular complexity index is 200. The Hall–Kier alpha value is -0.570. The van der Waals surface area contributed by atoms with Crippen molar-refractivity contribution in [3.05, 3.63) is 0 Å². The predicted octanol–water partition coefficient (Wildman–Crippen LogP) is 2.90. The minimum Gasteiger partial charge on any atom is -0.481 e. The number of hydrogen-bond donors (Lipinski definition) is 1. The maximum Gasteiger partial charge on any atom is 0.303 e. The number of carbonyl (C=O) groups is 1. The normalized spacial score (nSPS) is 17.1. The van der Waals surface area contributed by atoms with Crippen LogP contribution in [0.5, 0.6) is 0 Å². The average Bonchev–Trinajstić information content (AvgIpc) is 2.76. The van der Waals surface area contributed by atoms with E-state index in [1.165, 1.54) is 25.7 Å². The Labute approximate surface area is 98.8 Å². The molecule has 0 radical (unpaired) electrons. The van der Waals surface area contributed by atoms with Crippen LogP contribution in [0.4, 0.5) is 0 Å². The molecular formula is C13H25NO2. The molecule has 0 saturated heterocycles. The lowest BCUT2D eigenvalue weighted by molar-refractivity contribution is -0.137. The van der Waals surface area contributed by atoms with Crippen molar-refractivity contribution in [1.29, 1.82) is 0 Å². The Kier molecular flexibility index (Phi) is 6.46. The fraction of sp³-hybridized carbons (Fsp3) is 0.923. The van der Waals surface area contributed by atoms with Crippen LogP contribution in [0.1, 0.15) is 58.3 Å². The summed E-state index contributed by atoms with van der Waals surface area (Å²) >= 11 is 0. The largest absolute Gasteiger partial charge is 0.481 e. The minimum atomic E-state index is -0.664. The van der Waals surface area contributed by atoms with Gasteiger partial charge in [-0.1, -0.05) is 26.2 Å². The molecule has 0 unspecified atom stereocenters. The summed E-state index contributed by atoms with van der Waals surface area (Å²) in [6, 6.07) is 0.810. The molecular weight excluding hydrogens is 202 g/mol. The van der Waals surface area contributed by atoms with Crippen molar-refractivity contribution in [1.82, 2.24) is 4.90 Å². The van der Waals surface area contributed by atoms with Crippen LogP contribution >= 0.6 is 0 Å². The second kappa shape index (κ2) is 7.66. The fourth-order valence-electron chi connectivity index (χ4n) is 2.64. The molecule has 0 heterocycles. The van der Waals surface area contributed by atoms with Crippen LogP contribution in [0.3, 0.4) is 0 Å². The van der Waals surface area contributed by atoms with Crippen molar-refractivity contribution >= 4 is 5.97 Å². The first kappa shape index (κ1) is 13.5. The summed E-state index contributed by atoms with van der Waals surface area (Å²) in [5, 5.41) is 8.53.